The molecule has 0 saturated carbocycles. The number of hydrogen-bond acceptors (Lipinski definition) is 3. The van der Waals surface area contributed by atoms with Gasteiger partial charge < -0.3 is 14.7 Å². The van der Waals surface area contributed by atoms with E-state index >= 15 is 0 Å². The van der Waals surface area contributed by atoms with Crippen molar-refractivity contribution in [1.29, 1.82) is 0 Å². The van der Waals surface area contributed by atoms with Crippen LogP contribution >= 0.6 is 0 Å². The molecule has 1 aromatic carbocycles. The van der Waals surface area contributed by atoms with Crippen LogP contribution in [0.5, 0.6) is 5.75 Å². The van der Waals surface area contributed by atoms with Gasteiger partial charge in [-0.3, -0.25) is 4.79 Å². The Hall–Kier alpha value is -1.62. The number of benzene rings is 1. The molecule has 0 bridgehead atoms. The van der Waals surface area contributed by atoms with Crippen molar-refractivity contribution in [3.8, 4) is 5.75 Å². The minimum Gasteiger partial charge on any atom is -0.484 e. The third-order valence-corrected chi connectivity index (χ3v) is 3.08. The highest BCUT2D eigenvalue weighted by molar-refractivity contribution is 5.78. The number of ether oxygens (including phenoxy) is 1. The molecule has 1 heterocycles. The van der Waals surface area contributed by atoms with Gasteiger partial charge in [0, 0.05) is 6.54 Å². The second-order valence-corrected chi connectivity index (χ2v) is 4.31. The fraction of sp³-hybridized carbons (Fsp3) is 0.462. The Balaban J connectivity index is 1.86. The summed E-state index contributed by atoms with van der Waals surface area (Å²) in [6.07, 6.45) is 1.74. The van der Waals surface area contributed by atoms with Gasteiger partial charge in [0.05, 0.1) is 12.6 Å². The fourth-order valence-electron chi connectivity index (χ4n) is 2.11. The molecule has 2 rings (SSSR count). The van der Waals surface area contributed by atoms with Crippen LogP contribution in [0.3, 0.4) is 0 Å². The molecular formula is C13H16FNO3. The number of halogens is 1. The fourth-order valence-corrected chi connectivity index (χ4v) is 2.11. The predicted molar refractivity (Wildman–Crippen MR) is 63.7 cm³/mol. The zero-order valence-electron chi connectivity index (χ0n) is 10.0. The van der Waals surface area contributed by atoms with Crippen molar-refractivity contribution in [3.05, 3.63) is 30.1 Å². The summed E-state index contributed by atoms with van der Waals surface area (Å²) in [6, 6.07) is 5.44. The van der Waals surface area contributed by atoms with Crippen LogP contribution in [0, 0.1) is 5.82 Å². The highest BCUT2D eigenvalue weighted by Crippen LogP contribution is 2.17. The van der Waals surface area contributed by atoms with Gasteiger partial charge in [-0.05, 0) is 37.1 Å². The van der Waals surface area contributed by atoms with E-state index in [1.807, 2.05) is 0 Å². The minimum absolute atomic E-state index is 0.0116. The van der Waals surface area contributed by atoms with Gasteiger partial charge in [-0.1, -0.05) is 0 Å². The van der Waals surface area contributed by atoms with Crippen LogP contribution in [0.15, 0.2) is 24.3 Å². The molecule has 1 amide bonds. The van der Waals surface area contributed by atoms with Crippen LogP contribution in [0.2, 0.25) is 0 Å². The van der Waals surface area contributed by atoms with Gasteiger partial charge in [0.15, 0.2) is 6.61 Å². The molecule has 5 heteroatoms. The summed E-state index contributed by atoms with van der Waals surface area (Å²) in [5.74, 6) is -0.0195. The van der Waals surface area contributed by atoms with E-state index in [0.717, 1.165) is 12.8 Å². The zero-order chi connectivity index (χ0) is 13.0. The molecule has 1 N–H and O–H groups in total. The van der Waals surface area contributed by atoms with E-state index in [1.165, 1.54) is 24.3 Å². The maximum absolute atomic E-state index is 12.7. The number of aliphatic hydroxyl groups excluding tert-OH is 1. The third-order valence-electron chi connectivity index (χ3n) is 3.08. The first-order valence-electron chi connectivity index (χ1n) is 5.99. The summed E-state index contributed by atoms with van der Waals surface area (Å²) in [4.78, 5) is 13.5. The number of aliphatic hydroxyl groups is 1. The normalized spacial score (nSPS) is 19.0. The van der Waals surface area contributed by atoms with E-state index in [4.69, 9.17) is 9.84 Å². The topological polar surface area (TPSA) is 49.8 Å². The van der Waals surface area contributed by atoms with Crippen molar-refractivity contribution >= 4 is 5.91 Å². The first kappa shape index (κ1) is 12.8. The summed E-state index contributed by atoms with van der Waals surface area (Å²) in [5, 5.41) is 9.12. The molecule has 0 radical (unpaired) electrons. The molecule has 98 valence electrons. The van der Waals surface area contributed by atoms with Crippen LogP contribution in [-0.4, -0.2) is 41.7 Å². The highest BCUT2D eigenvalue weighted by atomic mass is 19.1. The van der Waals surface area contributed by atoms with Crippen molar-refractivity contribution in [2.24, 2.45) is 0 Å². The smallest absolute Gasteiger partial charge is 0.260 e. The van der Waals surface area contributed by atoms with E-state index in [1.54, 1.807) is 4.90 Å². The van der Waals surface area contributed by atoms with Crippen molar-refractivity contribution in [3.63, 3.8) is 0 Å². The highest BCUT2D eigenvalue weighted by Gasteiger charge is 2.27. The number of nitrogens with zero attached hydrogens (tertiary/aromatic N) is 1. The molecule has 1 aliphatic heterocycles. The molecule has 1 saturated heterocycles. The average molecular weight is 253 g/mol. The molecular weight excluding hydrogens is 237 g/mol. The van der Waals surface area contributed by atoms with Gasteiger partial charge in [-0.2, -0.15) is 0 Å². The van der Waals surface area contributed by atoms with E-state index in [0.29, 0.717) is 12.3 Å². The Morgan fingerprint density at radius 2 is 2.17 bits per heavy atom. The lowest BCUT2D eigenvalue weighted by Gasteiger charge is -2.22. The summed E-state index contributed by atoms with van der Waals surface area (Å²) in [7, 11) is 0. The van der Waals surface area contributed by atoms with Crippen LogP contribution in [0.25, 0.3) is 0 Å². The Kier molecular flexibility index (Phi) is 4.15. The van der Waals surface area contributed by atoms with Crippen LogP contribution < -0.4 is 4.74 Å². The van der Waals surface area contributed by atoms with Crippen LogP contribution in [0.1, 0.15) is 12.8 Å². The van der Waals surface area contributed by atoms with Gasteiger partial charge in [0.25, 0.3) is 5.91 Å². The molecule has 0 aromatic heterocycles. The van der Waals surface area contributed by atoms with E-state index < -0.39 is 0 Å². The van der Waals surface area contributed by atoms with Crippen LogP contribution in [0.4, 0.5) is 4.39 Å². The zero-order valence-corrected chi connectivity index (χ0v) is 10.0. The van der Waals surface area contributed by atoms with Crippen LogP contribution in [-0.2, 0) is 4.79 Å². The predicted octanol–water partition coefficient (Wildman–Crippen LogP) is 1.19. The Labute approximate surface area is 105 Å². The lowest BCUT2D eigenvalue weighted by molar-refractivity contribution is -0.134. The molecule has 1 aromatic rings. The quantitative estimate of drug-likeness (QED) is 0.876. The summed E-state index contributed by atoms with van der Waals surface area (Å²) in [6.45, 7) is 0.571. The van der Waals surface area contributed by atoms with E-state index in [-0.39, 0.29) is 31.0 Å². The van der Waals surface area contributed by atoms with Crippen molar-refractivity contribution in [2.45, 2.75) is 18.9 Å². The van der Waals surface area contributed by atoms with Gasteiger partial charge in [0.2, 0.25) is 0 Å². The molecule has 1 aliphatic rings. The number of amides is 1. The number of carbonyl (C=O) groups excluding carboxylic acids is 1. The summed E-state index contributed by atoms with van der Waals surface area (Å²) in [5.41, 5.74) is 0. The first-order valence-corrected chi connectivity index (χ1v) is 5.99. The molecule has 4 nitrogen and oxygen atoms in total. The second-order valence-electron chi connectivity index (χ2n) is 4.31. The van der Waals surface area contributed by atoms with Gasteiger partial charge in [-0.15, -0.1) is 0 Å². The molecule has 1 atom stereocenters. The average Bonchev–Trinajstić information content (AvgIpc) is 2.86. The SMILES string of the molecule is O=C(COc1ccc(F)cc1)N1CCC[C@@H]1CO. The number of hydrogen-bond donors (Lipinski definition) is 1. The maximum Gasteiger partial charge on any atom is 0.260 e. The van der Waals surface area contributed by atoms with Crippen molar-refractivity contribution < 1.29 is 19.0 Å². The monoisotopic (exact) mass is 253 g/mol. The van der Waals surface area contributed by atoms with Gasteiger partial charge >= 0.3 is 0 Å². The Morgan fingerprint density at radius 3 is 2.83 bits per heavy atom. The standard InChI is InChI=1S/C13H16FNO3/c14-10-3-5-12(6-4-10)18-9-13(17)15-7-1-2-11(15)8-16/h3-6,11,16H,1-2,7-9H2/t11-/m1/s1. The largest absolute Gasteiger partial charge is 0.484 e. The van der Waals surface area contributed by atoms with E-state index in [2.05, 4.69) is 0 Å². The number of carbonyl (C=O) groups is 1. The number of rotatable bonds is 4. The van der Waals surface area contributed by atoms with Gasteiger partial charge in [-0.25, -0.2) is 4.39 Å². The lowest BCUT2D eigenvalue weighted by atomic mass is 10.2. The Morgan fingerprint density at radius 1 is 1.44 bits per heavy atom. The van der Waals surface area contributed by atoms with Gasteiger partial charge in [0.1, 0.15) is 11.6 Å². The van der Waals surface area contributed by atoms with E-state index in [9.17, 15) is 9.18 Å². The molecule has 0 unspecified atom stereocenters. The third kappa shape index (κ3) is 2.98. The summed E-state index contributed by atoms with van der Waals surface area (Å²) >= 11 is 0. The summed E-state index contributed by atoms with van der Waals surface area (Å²) < 4.78 is 18.0. The van der Waals surface area contributed by atoms with Crippen molar-refractivity contribution in [2.75, 3.05) is 19.8 Å². The number of likely N-dealkylation sites (tertiary alicyclic amines) is 1. The Bertz CT molecular complexity index is 407. The second kappa shape index (κ2) is 5.82. The molecule has 0 spiro atoms. The minimum atomic E-state index is -0.339. The van der Waals surface area contributed by atoms with Crippen molar-refractivity contribution in [1.82, 2.24) is 4.90 Å². The lowest BCUT2D eigenvalue weighted by Crippen LogP contribution is -2.40. The molecule has 0 aliphatic carbocycles. The maximum atomic E-state index is 12.7. The molecule has 1 fully saturated rings. The first-order chi connectivity index (χ1) is 8.70. The molecule has 18 heavy (non-hydrogen) atoms.